The van der Waals surface area contributed by atoms with Gasteiger partial charge in [-0.25, -0.2) is 0 Å². The maximum Gasteiger partial charge on any atom is 0.249 e. The summed E-state index contributed by atoms with van der Waals surface area (Å²) in [5, 5.41) is 0. The summed E-state index contributed by atoms with van der Waals surface area (Å²) in [6.45, 7) is 3.92. The number of hydrogen-bond donors (Lipinski definition) is 0. The van der Waals surface area contributed by atoms with E-state index >= 15 is 0 Å². The maximum atomic E-state index is 12.7. The van der Waals surface area contributed by atoms with E-state index in [1.807, 2.05) is 17.0 Å². The van der Waals surface area contributed by atoms with E-state index in [1.54, 1.807) is 16.7 Å². The molecule has 2 heterocycles. The predicted octanol–water partition coefficient (Wildman–Crippen LogP) is 1.37. The van der Waals surface area contributed by atoms with E-state index in [-0.39, 0.29) is 31.0 Å². The molecule has 0 radical (unpaired) electrons. The van der Waals surface area contributed by atoms with Crippen molar-refractivity contribution in [3.8, 4) is 0 Å². The summed E-state index contributed by atoms with van der Waals surface area (Å²) in [6, 6.07) is 8.36. The van der Waals surface area contributed by atoms with Crippen LogP contribution >= 0.6 is 11.8 Å². The van der Waals surface area contributed by atoms with Gasteiger partial charge < -0.3 is 14.5 Å². The van der Waals surface area contributed by atoms with Crippen LogP contribution in [0.1, 0.15) is 12.5 Å². The summed E-state index contributed by atoms with van der Waals surface area (Å²) >= 11 is 1.79. The largest absolute Gasteiger partial charge is 0.370 e. The highest BCUT2D eigenvalue weighted by molar-refractivity contribution is 7.99. The molecule has 0 N–H and O–H groups in total. The van der Waals surface area contributed by atoms with Crippen LogP contribution in [0.4, 0.5) is 0 Å². The zero-order valence-electron chi connectivity index (χ0n) is 12.7. The molecule has 22 heavy (non-hydrogen) atoms. The Morgan fingerprint density at radius 2 is 2.23 bits per heavy atom. The lowest BCUT2D eigenvalue weighted by atomic mass is 10.2. The molecule has 1 aromatic rings. The molecular weight excluding hydrogens is 300 g/mol. The van der Waals surface area contributed by atoms with Crippen molar-refractivity contribution in [2.45, 2.75) is 24.4 Å². The zero-order valence-corrected chi connectivity index (χ0v) is 13.5. The van der Waals surface area contributed by atoms with Crippen LogP contribution < -0.4 is 0 Å². The zero-order chi connectivity index (χ0) is 15.5. The smallest absolute Gasteiger partial charge is 0.249 e. The Hall–Kier alpha value is -1.53. The Morgan fingerprint density at radius 3 is 3.05 bits per heavy atom. The van der Waals surface area contributed by atoms with E-state index in [9.17, 15) is 9.59 Å². The van der Waals surface area contributed by atoms with Gasteiger partial charge in [0.05, 0.1) is 13.2 Å². The summed E-state index contributed by atoms with van der Waals surface area (Å²) in [5.74, 6) is 0.789. The van der Waals surface area contributed by atoms with E-state index in [1.165, 1.54) is 10.5 Å². The van der Waals surface area contributed by atoms with Gasteiger partial charge in [-0.15, -0.1) is 11.8 Å². The number of amides is 2. The number of rotatable bonds is 2. The van der Waals surface area contributed by atoms with Crippen LogP contribution in [0, 0.1) is 0 Å². The number of morpholine rings is 1. The fourth-order valence-electron chi connectivity index (χ4n) is 2.72. The second-order valence-corrected chi connectivity index (χ2v) is 6.72. The quantitative estimate of drug-likeness (QED) is 0.826. The summed E-state index contributed by atoms with van der Waals surface area (Å²) in [4.78, 5) is 29.2. The van der Waals surface area contributed by atoms with Gasteiger partial charge in [0, 0.05) is 29.8 Å². The number of carbonyl (C=O) groups excluding carboxylic acids is 2. The third kappa shape index (κ3) is 3.28. The van der Waals surface area contributed by atoms with Crippen LogP contribution in [0.5, 0.6) is 0 Å². The van der Waals surface area contributed by atoms with Crippen molar-refractivity contribution >= 4 is 23.6 Å². The van der Waals surface area contributed by atoms with Crippen molar-refractivity contribution in [1.29, 1.82) is 0 Å². The summed E-state index contributed by atoms with van der Waals surface area (Å²) < 4.78 is 5.11. The second kappa shape index (κ2) is 6.71. The molecule has 2 amide bonds. The number of thioether (sulfide) groups is 1. The Morgan fingerprint density at radius 1 is 1.41 bits per heavy atom. The Labute approximate surface area is 134 Å². The molecule has 1 aromatic carbocycles. The molecule has 0 saturated carbocycles. The van der Waals surface area contributed by atoms with Gasteiger partial charge in [0.2, 0.25) is 11.8 Å². The molecule has 1 fully saturated rings. The molecule has 6 heteroatoms. The average Bonchev–Trinajstić information content (AvgIpc) is 2.69. The highest BCUT2D eigenvalue weighted by Gasteiger charge is 2.28. The first-order valence-electron chi connectivity index (χ1n) is 7.51. The molecule has 1 atom stereocenters. The van der Waals surface area contributed by atoms with Crippen molar-refractivity contribution in [3.05, 3.63) is 29.8 Å². The summed E-state index contributed by atoms with van der Waals surface area (Å²) in [6.07, 6.45) is 0. The normalized spacial score (nSPS) is 22.2. The molecule has 0 aromatic heterocycles. The lowest BCUT2D eigenvalue weighted by Crippen LogP contribution is -2.49. The lowest BCUT2D eigenvalue weighted by Gasteiger charge is -2.32. The van der Waals surface area contributed by atoms with Crippen LogP contribution in [0.3, 0.4) is 0 Å². The predicted molar refractivity (Wildman–Crippen MR) is 84.6 cm³/mol. The second-order valence-electron chi connectivity index (χ2n) is 5.66. The van der Waals surface area contributed by atoms with Gasteiger partial charge in [0.1, 0.15) is 6.61 Å². The SMILES string of the molecule is CC1CSc2ccccc2CN1C(=O)CN1CCOCC1=O. The molecule has 118 valence electrons. The van der Waals surface area contributed by atoms with Gasteiger partial charge in [-0.2, -0.15) is 0 Å². The molecule has 2 aliphatic rings. The number of benzene rings is 1. The lowest BCUT2D eigenvalue weighted by molar-refractivity contribution is -0.149. The highest BCUT2D eigenvalue weighted by Crippen LogP contribution is 2.29. The Kier molecular flexibility index (Phi) is 4.69. The summed E-state index contributed by atoms with van der Waals surface area (Å²) in [7, 11) is 0. The minimum absolute atomic E-state index is 0.0139. The van der Waals surface area contributed by atoms with Crippen molar-refractivity contribution in [1.82, 2.24) is 9.80 Å². The van der Waals surface area contributed by atoms with Gasteiger partial charge in [-0.1, -0.05) is 18.2 Å². The molecule has 1 unspecified atom stereocenters. The minimum Gasteiger partial charge on any atom is -0.370 e. The third-order valence-corrected chi connectivity index (χ3v) is 5.41. The van der Waals surface area contributed by atoms with Crippen LogP contribution in [0.15, 0.2) is 29.2 Å². The van der Waals surface area contributed by atoms with Gasteiger partial charge >= 0.3 is 0 Å². The molecule has 0 aliphatic carbocycles. The molecular formula is C16H20N2O3S. The number of nitrogens with zero attached hydrogens (tertiary/aromatic N) is 2. The number of hydrogen-bond acceptors (Lipinski definition) is 4. The number of fused-ring (bicyclic) bond motifs is 1. The van der Waals surface area contributed by atoms with Crippen molar-refractivity contribution in [3.63, 3.8) is 0 Å². The van der Waals surface area contributed by atoms with Crippen LogP contribution in [-0.2, 0) is 20.9 Å². The van der Waals surface area contributed by atoms with E-state index in [0.717, 1.165) is 5.75 Å². The van der Waals surface area contributed by atoms with E-state index in [0.29, 0.717) is 19.7 Å². The third-order valence-electron chi connectivity index (χ3n) is 4.06. The molecule has 5 nitrogen and oxygen atoms in total. The van der Waals surface area contributed by atoms with Crippen molar-refractivity contribution < 1.29 is 14.3 Å². The first kappa shape index (κ1) is 15.4. The maximum absolute atomic E-state index is 12.7. The number of carbonyl (C=O) groups is 2. The van der Waals surface area contributed by atoms with Crippen LogP contribution in [-0.4, -0.2) is 59.7 Å². The highest BCUT2D eigenvalue weighted by atomic mass is 32.2. The first-order valence-corrected chi connectivity index (χ1v) is 8.49. The minimum atomic E-state index is -0.100. The van der Waals surface area contributed by atoms with E-state index in [2.05, 4.69) is 19.1 Å². The first-order chi connectivity index (χ1) is 10.6. The monoisotopic (exact) mass is 320 g/mol. The van der Waals surface area contributed by atoms with Crippen molar-refractivity contribution in [2.24, 2.45) is 0 Å². The van der Waals surface area contributed by atoms with Crippen molar-refractivity contribution in [2.75, 3.05) is 32.1 Å². The Bertz CT molecular complexity index is 578. The van der Waals surface area contributed by atoms with E-state index < -0.39 is 0 Å². The van der Waals surface area contributed by atoms with Crippen LogP contribution in [0.2, 0.25) is 0 Å². The van der Waals surface area contributed by atoms with Gasteiger partial charge in [0.25, 0.3) is 0 Å². The van der Waals surface area contributed by atoms with Crippen LogP contribution in [0.25, 0.3) is 0 Å². The molecule has 3 rings (SSSR count). The van der Waals surface area contributed by atoms with Gasteiger partial charge in [-0.05, 0) is 18.6 Å². The summed E-state index contributed by atoms with van der Waals surface area (Å²) in [5.41, 5.74) is 1.18. The van der Waals surface area contributed by atoms with E-state index in [4.69, 9.17) is 4.74 Å². The molecule has 0 spiro atoms. The standard InChI is InChI=1S/C16H20N2O3S/c1-12-11-22-14-5-3-2-4-13(14)8-18(12)15(19)9-17-6-7-21-10-16(17)20/h2-5,12H,6-11H2,1H3. The average molecular weight is 320 g/mol. The number of ether oxygens (including phenoxy) is 1. The fourth-order valence-corrected chi connectivity index (χ4v) is 3.81. The Balaban J connectivity index is 1.72. The molecule has 0 bridgehead atoms. The van der Waals surface area contributed by atoms with Gasteiger partial charge in [0.15, 0.2) is 0 Å². The van der Waals surface area contributed by atoms with Gasteiger partial charge in [-0.3, -0.25) is 9.59 Å². The molecule has 1 saturated heterocycles. The molecule has 2 aliphatic heterocycles. The topological polar surface area (TPSA) is 49.9 Å². The fraction of sp³-hybridized carbons (Fsp3) is 0.500.